The van der Waals surface area contributed by atoms with Gasteiger partial charge in [-0.2, -0.15) is 0 Å². The average Bonchev–Trinajstić information content (AvgIpc) is 2.77. The number of likely N-dealkylation sites (N-methyl/N-ethyl adjacent to an activating group) is 1. The van der Waals surface area contributed by atoms with Crippen molar-refractivity contribution in [3.63, 3.8) is 0 Å². The molecule has 1 aliphatic heterocycles. The molecule has 0 aromatic rings. The molecule has 1 atom stereocenters. The highest BCUT2D eigenvalue weighted by Crippen LogP contribution is 2.18. The van der Waals surface area contributed by atoms with E-state index in [0.717, 1.165) is 12.8 Å². The molecule has 1 aliphatic carbocycles. The maximum atomic E-state index is 11.7. The van der Waals surface area contributed by atoms with Gasteiger partial charge in [0.15, 0.2) is 0 Å². The first-order valence-electron chi connectivity index (χ1n) is 5.36. The molecule has 1 N–H and O–H groups in total. The highest BCUT2D eigenvalue weighted by atomic mass is 16.2. The number of nitrogens with one attached hydrogen (secondary N) is 1. The van der Waals surface area contributed by atoms with Crippen molar-refractivity contribution in [1.82, 2.24) is 10.2 Å². The number of nitrogens with zero attached hydrogens (tertiary/aromatic N) is 1. The van der Waals surface area contributed by atoms with Gasteiger partial charge in [0.2, 0.25) is 11.8 Å². The Morgan fingerprint density at radius 3 is 2.67 bits per heavy atom. The normalized spacial score (nSPS) is 26.3. The maximum absolute atomic E-state index is 11.7. The van der Waals surface area contributed by atoms with Crippen molar-refractivity contribution >= 4 is 11.8 Å². The van der Waals surface area contributed by atoms with Gasteiger partial charge in [0.1, 0.15) is 0 Å². The van der Waals surface area contributed by atoms with Gasteiger partial charge in [-0.3, -0.25) is 9.59 Å². The Morgan fingerprint density at radius 2 is 2.13 bits per heavy atom. The van der Waals surface area contributed by atoms with Crippen molar-refractivity contribution < 1.29 is 9.59 Å². The molecule has 1 saturated heterocycles. The monoisotopic (exact) mass is 208 g/mol. The standard InChI is InChI=1S/C11H16N2O2/c1-13-7-9(6-10(13)14)12-11(15)8-4-2-3-5-8/h2-3,8-9H,4-7H2,1H3,(H,12,15)/t9-/m1/s1. The van der Waals surface area contributed by atoms with Gasteiger partial charge in [0, 0.05) is 25.9 Å². The van der Waals surface area contributed by atoms with Crippen LogP contribution in [-0.4, -0.2) is 36.3 Å². The summed E-state index contributed by atoms with van der Waals surface area (Å²) in [6, 6.07) is 0.00981. The number of amides is 2. The molecular formula is C11H16N2O2. The summed E-state index contributed by atoms with van der Waals surface area (Å²) in [5.74, 6) is 0.295. The minimum atomic E-state index is 0.00981. The third-order valence-corrected chi connectivity index (χ3v) is 3.07. The average molecular weight is 208 g/mol. The molecule has 4 nitrogen and oxygen atoms in total. The van der Waals surface area contributed by atoms with E-state index in [9.17, 15) is 9.59 Å². The second kappa shape index (κ2) is 4.04. The highest BCUT2D eigenvalue weighted by Gasteiger charge is 2.29. The zero-order chi connectivity index (χ0) is 10.8. The van der Waals surface area contributed by atoms with E-state index in [2.05, 4.69) is 5.32 Å². The lowest BCUT2D eigenvalue weighted by atomic mass is 10.1. The van der Waals surface area contributed by atoms with Gasteiger partial charge in [-0.25, -0.2) is 0 Å². The van der Waals surface area contributed by atoms with Crippen LogP contribution in [0, 0.1) is 5.92 Å². The van der Waals surface area contributed by atoms with E-state index in [1.165, 1.54) is 0 Å². The van der Waals surface area contributed by atoms with Crippen LogP contribution in [0.25, 0.3) is 0 Å². The van der Waals surface area contributed by atoms with Gasteiger partial charge in [0.05, 0.1) is 6.04 Å². The lowest BCUT2D eigenvalue weighted by molar-refractivity contribution is -0.126. The number of carbonyl (C=O) groups excluding carboxylic acids is 2. The molecule has 0 unspecified atom stereocenters. The fourth-order valence-electron chi connectivity index (χ4n) is 2.11. The van der Waals surface area contributed by atoms with Crippen molar-refractivity contribution in [3.05, 3.63) is 12.2 Å². The van der Waals surface area contributed by atoms with Gasteiger partial charge in [0.25, 0.3) is 0 Å². The summed E-state index contributed by atoms with van der Waals surface area (Å²) in [6.07, 6.45) is 6.19. The van der Waals surface area contributed by atoms with Crippen molar-refractivity contribution in [3.8, 4) is 0 Å². The zero-order valence-corrected chi connectivity index (χ0v) is 8.90. The van der Waals surface area contributed by atoms with E-state index in [-0.39, 0.29) is 23.8 Å². The van der Waals surface area contributed by atoms with Crippen LogP contribution in [0.4, 0.5) is 0 Å². The Kier molecular flexibility index (Phi) is 2.75. The number of likely N-dealkylation sites (tertiary alicyclic amines) is 1. The van der Waals surface area contributed by atoms with E-state index in [0.29, 0.717) is 13.0 Å². The van der Waals surface area contributed by atoms with E-state index in [4.69, 9.17) is 0 Å². The van der Waals surface area contributed by atoms with Crippen LogP contribution in [0.1, 0.15) is 19.3 Å². The molecule has 1 heterocycles. The summed E-state index contributed by atoms with van der Waals surface area (Å²) >= 11 is 0. The van der Waals surface area contributed by atoms with Crippen molar-refractivity contribution in [2.24, 2.45) is 5.92 Å². The van der Waals surface area contributed by atoms with Crippen LogP contribution in [0.2, 0.25) is 0 Å². The van der Waals surface area contributed by atoms with Gasteiger partial charge in [-0.05, 0) is 12.8 Å². The van der Waals surface area contributed by atoms with Crippen LogP contribution in [0.5, 0.6) is 0 Å². The molecule has 1 fully saturated rings. The Morgan fingerprint density at radius 1 is 1.47 bits per heavy atom. The minimum absolute atomic E-state index is 0.00981. The summed E-state index contributed by atoms with van der Waals surface area (Å²) < 4.78 is 0. The minimum Gasteiger partial charge on any atom is -0.351 e. The van der Waals surface area contributed by atoms with Crippen molar-refractivity contribution in [2.45, 2.75) is 25.3 Å². The van der Waals surface area contributed by atoms with Crippen molar-refractivity contribution in [1.29, 1.82) is 0 Å². The van der Waals surface area contributed by atoms with Crippen LogP contribution >= 0.6 is 0 Å². The Labute approximate surface area is 89.3 Å². The van der Waals surface area contributed by atoms with E-state index in [1.807, 2.05) is 12.2 Å². The first-order valence-corrected chi connectivity index (χ1v) is 5.36. The lowest BCUT2D eigenvalue weighted by Crippen LogP contribution is -2.39. The molecule has 0 spiro atoms. The lowest BCUT2D eigenvalue weighted by Gasteiger charge is -2.15. The molecule has 0 bridgehead atoms. The zero-order valence-electron chi connectivity index (χ0n) is 8.90. The largest absolute Gasteiger partial charge is 0.351 e. The molecule has 2 rings (SSSR count). The third kappa shape index (κ3) is 2.19. The van der Waals surface area contributed by atoms with Crippen LogP contribution in [0.15, 0.2) is 12.2 Å². The number of hydrogen-bond acceptors (Lipinski definition) is 2. The predicted molar refractivity (Wildman–Crippen MR) is 56.0 cm³/mol. The summed E-state index contributed by atoms with van der Waals surface area (Å²) in [5.41, 5.74) is 0. The van der Waals surface area contributed by atoms with E-state index >= 15 is 0 Å². The molecule has 2 amide bonds. The van der Waals surface area contributed by atoms with Gasteiger partial charge < -0.3 is 10.2 Å². The first kappa shape index (κ1) is 10.2. The Hall–Kier alpha value is -1.32. The van der Waals surface area contributed by atoms with E-state index in [1.54, 1.807) is 11.9 Å². The predicted octanol–water partition coefficient (Wildman–Crippen LogP) is 0.299. The second-order valence-electron chi connectivity index (χ2n) is 4.32. The SMILES string of the molecule is CN1C[C@H](NC(=O)C2CC=CC2)CC1=O. The molecule has 15 heavy (non-hydrogen) atoms. The topological polar surface area (TPSA) is 49.4 Å². The van der Waals surface area contributed by atoms with Crippen LogP contribution < -0.4 is 5.32 Å². The fraction of sp³-hybridized carbons (Fsp3) is 0.636. The fourth-order valence-corrected chi connectivity index (χ4v) is 2.11. The molecule has 2 aliphatic rings. The van der Waals surface area contributed by atoms with E-state index < -0.39 is 0 Å². The Bertz CT molecular complexity index is 304. The number of carbonyl (C=O) groups is 2. The summed E-state index contributed by atoms with van der Waals surface area (Å²) in [4.78, 5) is 24.6. The molecule has 0 aromatic heterocycles. The summed E-state index contributed by atoms with van der Waals surface area (Å²) in [6.45, 7) is 0.644. The first-order chi connectivity index (χ1) is 7.16. The van der Waals surface area contributed by atoms with Crippen LogP contribution in [0.3, 0.4) is 0 Å². The maximum Gasteiger partial charge on any atom is 0.224 e. The molecule has 82 valence electrons. The summed E-state index contributed by atoms with van der Waals surface area (Å²) in [5, 5.41) is 2.94. The number of hydrogen-bond donors (Lipinski definition) is 1. The van der Waals surface area contributed by atoms with Crippen molar-refractivity contribution in [2.75, 3.05) is 13.6 Å². The number of allylic oxidation sites excluding steroid dienone is 2. The third-order valence-electron chi connectivity index (χ3n) is 3.07. The Balaban J connectivity index is 1.82. The quantitative estimate of drug-likeness (QED) is 0.663. The molecule has 0 aromatic carbocycles. The van der Waals surface area contributed by atoms with Gasteiger partial charge in [-0.15, -0.1) is 0 Å². The highest BCUT2D eigenvalue weighted by molar-refractivity contribution is 5.83. The molecule has 0 radical (unpaired) electrons. The molecule has 4 heteroatoms. The van der Waals surface area contributed by atoms with Gasteiger partial charge in [-0.1, -0.05) is 12.2 Å². The molecular weight excluding hydrogens is 192 g/mol. The van der Waals surface area contributed by atoms with Crippen LogP contribution in [-0.2, 0) is 9.59 Å². The summed E-state index contributed by atoms with van der Waals surface area (Å²) in [7, 11) is 1.77. The second-order valence-corrected chi connectivity index (χ2v) is 4.32. The van der Waals surface area contributed by atoms with Gasteiger partial charge >= 0.3 is 0 Å². The number of rotatable bonds is 2. The molecule has 0 saturated carbocycles. The smallest absolute Gasteiger partial charge is 0.224 e.